The maximum absolute atomic E-state index is 12.2. The monoisotopic (exact) mass is 449 g/mol. The zero-order valence-corrected chi connectivity index (χ0v) is 17.6. The third-order valence-corrected chi connectivity index (χ3v) is 5.01. The van der Waals surface area contributed by atoms with Crippen LogP contribution in [0.5, 0.6) is 0 Å². The van der Waals surface area contributed by atoms with Gasteiger partial charge in [0.2, 0.25) is 5.91 Å². The number of hydrogen-bond donors (Lipinski definition) is 1. The number of nitrogens with zero attached hydrogens (tertiary/aromatic N) is 4. The Labute approximate surface area is 171 Å². The summed E-state index contributed by atoms with van der Waals surface area (Å²) < 4.78 is 4.67. The minimum Gasteiger partial charge on any atom is -0.347 e. The molecule has 0 radical (unpaired) electrons. The highest BCUT2D eigenvalue weighted by Gasteiger charge is 2.11. The number of aromatic nitrogens is 4. The van der Waals surface area contributed by atoms with Gasteiger partial charge >= 0.3 is 0 Å². The smallest absolute Gasteiger partial charge is 0.244 e. The van der Waals surface area contributed by atoms with Crippen LogP contribution in [0.2, 0.25) is 5.15 Å². The Kier molecular flexibility index (Phi) is 6.34. The molecule has 0 unspecified atom stereocenters. The van der Waals surface area contributed by atoms with Crippen molar-refractivity contribution in [3.05, 3.63) is 57.2 Å². The molecule has 0 bridgehead atoms. The van der Waals surface area contributed by atoms with Crippen molar-refractivity contribution in [3.63, 3.8) is 0 Å². The number of carbonyl (C=O) groups excluding carboxylic acids is 1. The summed E-state index contributed by atoms with van der Waals surface area (Å²) in [6.45, 7) is 5.14. The van der Waals surface area contributed by atoms with E-state index in [4.69, 9.17) is 11.6 Å². The van der Waals surface area contributed by atoms with E-state index in [1.165, 1.54) is 6.08 Å². The lowest BCUT2D eigenvalue weighted by Crippen LogP contribution is -2.20. The summed E-state index contributed by atoms with van der Waals surface area (Å²) in [6, 6.07) is 3.84. The van der Waals surface area contributed by atoms with E-state index in [0.717, 1.165) is 46.5 Å². The van der Waals surface area contributed by atoms with Crippen molar-refractivity contribution in [3.8, 4) is 0 Å². The Hall–Kier alpha value is -2.12. The van der Waals surface area contributed by atoms with E-state index >= 15 is 0 Å². The Morgan fingerprint density at radius 3 is 2.96 bits per heavy atom. The van der Waals surface area contributed by atoms with E-state index in [1.54, 1.807) is 10.8 Å². The molecule has 1 amide bonds. The lowest BCUT2D eigenvalue weighted by molar-refractivity contribution is -0.116. The molecule has 0 saturated carbocycles. The van der Waals surface area contributed by atoms with Crippen LogP contribution in [0, 0.1) is 6.92 Å². The largest absolute Gasteiger partial charge is 0.347 e. The molecule has 3 aromatic heterocycles. The number of rotatable bonds is 7. The van der Waals surface area contributed by atoms with Crippen LogP contribution in [0.15, 0.2) is 35.1 Å². The van der Waals surface area contributed by atoms with Gasteiger partial charge < -0.3 is 9.72 Å². The van der Waals surface area contributed by atoms with E-state index < -0.39 is 0 Å². The first kappa shape index (κ1) is 19.6. The van der Waals surface area contributed by atoms with Crippen molar-refractivity contribution >= 4 is 45.2 Å². The van der Waals surface area contributed by atoms with Gasteiger partial charge in [-0.1, -0.05) is 24.9 Å². The molecule has 27 heavy (non-hydrogen) atoms. The average Bonchev–Trinajstić information content (AvgIpc) is 3.16. The van der Waals surface area contributed by atoms with Gasteiger partial charge in [0.25, 0.3) is 0 Å². The molecule has 1 N–H and O–H groups in total. The van der Waals surface area contributed by atoms with Crippen LogP contribution in [0.3, 0.4) is 0 Å². The topological polar surface area (TPSA) is 64.2 Å². The van der Waals surface area contributed by atoms with Gasteiger partial charge in [0.15, 0.2) is 0 Å². The van der Waals surface area contributed by atoms with Gasteiger partial charge in [0.05, 0.1) is 17.9 Å². The second kappa shape index (κ2) is 8.71. The number of amides is 1. The number of nitrogens with one attached hydrogen (secondary N) is 1. The van der Waals surface area contributed by atoms with E-state index in [-0.39, 0.29) is 5.91 Å². The lowest BCUT2D eigenvalue weighted by atomic mass is 10.2. The fourth-order valence-corrected chi connectivity index (χ4v) is 3.39. The van der Waals surface area contributed by atoms with E-state index in [1.807, 2.05) is 35.9 Å². The molecule has 0 aliphatic rings. The van der Waals surface area contributed by atoms with Crippen LogP contribution in [0.4, 0.5) is 0 Å². The molecule has 0 spiro atoms. The Morgan fingerprint density at radius 2 is 2.19 bits per heavy atom. The fraction of sp³-hybridized carbons (Fsp3) is 0.316. The number of hydrogen-bond acceptors (Lipinski definition) is 3. The van der Waals surface area contributed by atoms with Crippen molar-refractivity contribution in [1.82, 2.24) is 24.5 Å². The van der Waals surface area contributed by atoms with Crippen LogP contribution in [0.25, 0.3) is 11.7 Å². The molecule has 8 heteroatoms. The third kappa shape index (κ3) is 4.78. The van der Waals surface area contributed by atoms with Gasteiger partial charge in [-0.3, -0.25) is 9.48 Å². The minimum atomic E-state index is -0.204. The summed E-state index contributed by atoms with van der Waals surface area (Å²) in [5, 5.41) is 7.84. The van der Waals surface area contributed by atoms with E-state index in [9.17, 15) is 4.79 Å². The van der Waals surface area contributed by atoms with Crippen molar-refractivity contribution < 1.29 is 4.79 Å². The quantitative estimate of drug-likeness (QED) is 0.543. The molecule has 3 heterocycles. The number of halogens is 2. The summed E-state index contributed by atoms with van der Waals surface area (Å²) >= 11 is 9.81. The number of aryl methyl sites for hydroxylation is 2. The molecule has 3 aromatic rings. The first-order valence-corrected chi connectivity index (χ1v) is 9.97. The minimum absolute atomic E-state index is 0.204. The first-order valence-electron chi connectivity index (χ1n) is 8.80. The summed E-state index contributed by atoms with van der Waals surface area (Å²) in [5.74, 6) is -0.204. The highest BCUT2D eigenvalue weighted by molar-refractivity contribution is 9.10. The summed E-state index contributed by atoms with van der Waals surface area (Å²) in [7, 11) is 0. The molecule has 0 aromatic carbocycles. The van der Waals surface area contributed by atoms with Crippen LogP contribution >= 0.6 is 27.5 Å². The summed E-state index contributed by atoms with van der Waals surface area (Å²) in [4.78, 5) is 16.6. The van der Waals surface area contributed by atoms with Crippen molar-refractivity contribution in [2.24, 2.45) is 0 Å². The van der Waals surface area contributed by atoms with Crippen LogP contribution < -0.4 is 5.32 Å². The van der Waals surface area contributed by atoms with Gasteiger partial charge in [0, 0.05) is 35.1 Å². The second-order valence-electron chi connectivity index (χ2n) is 6.26. The number of imidazole rings is 1. The lowest BCUT2D eigenvalue weighted by Gasteiger charge is -2.01. The number of fused-ring (bicyclic) bond motifs is 1. The number of carbonyl (C=O) groups is 1. The maximum Gasteiger partial charge on any atom is 0.244 e. The molecular formula is C19H21BrClN5O. The highest BCUT2D eigenvalue weighted by atomic mass is 79.9. The Morgan fingerprint density at radius 1 is 1.37 bits per heavy atom. The van der Waals surface area contributed by atoms with Crippen molar-refractivity contribution in [1.29, 1.82) is 0 Å². The predicted molar refractivity (Wildman–Crippen MR) is 111 cm³/mol. The summed E-state index contributed by atoms with van der Waals surface area (Å²) in [6.07, 6.45) is 9.09. The third-order valence-electron chi connectivity index (χ3n) is 4.14. The standard InChI is InChI=1S/C19H21BrClN5O/c1-3-4-9-26-19(21)16(13(2)24-26)6-8-18(27)22-10-15-12-25-11-14(20)5-7-17(25)23-15/h5-8,11-12H,3-4,9-10H2,1-2H3,(H,22,27)/b8-6+. The molecule has 0 aliphatic heterocycles. The molecule has 0 atom stereocenters. The Balaban J connectivity index is 1.62. The maximum atomic E-state index is 12.2. The number of unbranched alkanes of at least 4 members (excludes halogenated alkanes) is 1. The normalized spacial score (nSPS) is 11.6. The molecule has 6 nitrogen and oxygen atoms in total. The van der Waals surface area contributed by atoms with E-state index in [2.05, 4.69) is 38.3 Å². The average molecular weight is 451 g/mol. The second-order valence-corrected chi connectivity index (χ2v) is 7.54. The molecule has 0 fully saturated rings. The molecule has 142 valence electrons. The zero-order chi connectivity index (χ0) is 19.4. The molecular weight excluding hydrogens is 430 g/mol. The van der Waals surface area contributed by atoms with Crippen LogP contribution in [-0.2, 0) is 17.9 Å². The van der Waals surface area contributed by atoms with Gasteiger partial charge in [-0.25, -0.2) is 4.98 Å². The van der Waals surface area contributed by atoms with Crippen LogP contribution in [0.1, 0.15) is 36.7 Å². The predicted octanol–water partition coefficient (Wildman–Crippen LogP) is 4.38. The van der Waals surface area contributed by atoms with Gasteiger partial charge in [-0.15, -0.1) is 0 Å². The SMILES string of the molecule is CCCCn1nc(C)c(/C=C/C(=O)NCc2cn3cc(Br)ccc3n2)c1Cl. The highest BCUT2D eigenvalue weighted by Crippen LogP contribution is 2.21. The number of pyridine rings is 1. The molecule has 3 rings (SSSR count). The Bertz CT molecular complexity index is 992. The summed E-state index contributed by atoms with van der Waals surface area (Å²) in [5.41, 5.74) is 3.21. The molecule has 0 aliphatic carbocycles. The van der Waals surface area contributed by atoms with Crippen molar-refractivity contribution in [2.45, 2.75) is 39.8 Å². The first-order chi connectivity index (χ1) is 13.0. The fourth-order valence-electron chi connectivity index (χ4n) is 2.71. The molecule has 0 saturated heterocycles. The zero-order valence-electron chi connectivity index (χ0n) is 15.2. The van der Waals surface area contributed by atoms with Gasteiger partial charge in [0.1, 0.15) is 10.8 Å². The van der Waals surface area contributed by atoms with Gasteiger partial charge in [-0.05, 0) is 47.5 Å². The van der Waals surface area contributed by atoms with E-state index in [0.29, 0.717) is 11.7 Å². The van der Waals surface area contributed by atoms with Gasteiger partial charge in [-0.2, -0.15) is 5.10 Å². The van der Waals surface area contributed by atoms with Crippen LogP contribution in [-0.4, -0.2) is 25.1 Å². The van der Waals surface area contributed by atoms with Crippen molar-refractivity contribution in [2.75, 3.05) is 0 Å².